The molecule has 0 aliphatic heterocycles. The van der Waals surface area contributed by atoms with E-state index in [0.29, 0.717) is 30.2 Å². The normalized spacial score (nSPS) is 11.9. The molecule has 0 radical (unpaired) electrons. The number of methoxy groups -OCH3 is 1. The molecule has 104 valence electrons. The molecule has 0 saturated carbocycles. The molecule has 6 nitrogen and oxygen atoms in total. The monoisotopic (exact) mass is 283 g/mol. The molecular weight excluding hydrogens is 266 g/mol. The van der Waals surface area contributed by atoms with E-state index < -0.39 is 10.0 Å². The lowest BCUT2D eigenvalue weighted by molar-refractivity contribution is 0.390. The number of nitrogens with zero attached hydrogens (tertiary/aromatic N) is 2. The molecule has 0 unspecified atom stereocenters. The zero-order valence-electron chi connectivity index (χ0n) is 11.2. The third kappa shape index (κ3) is 2.31. The molecule has 0 aromatic carbocycles. The second-order valence-electron chi connectivity index (χ2n) is 3.98. The van der Waals surface area contributed by atoms with Crippen LogP contribution in [0.15, 0.2) is 23.2 Å². The van der Waals surface area contributed by atoms with Crippen LogP contribution < -0.4 is 9.46 Å². The molecule has 2 heterocycles. The summed E-state index contributed by atoms with van der Waals surface area (Å²) in [4.78, 5) is 4.24. The minimum atomic E-state index is -3.59. The fourth-order valence-corrected chi connectivity index (χ4v) is 3.18. The van der Waals surface area contributed by atoms with Gasteiger partial charge in [-0.25, -0.2) is 18.1 Å². The van der Waals surface area contributed by atoms with Gasteiger partial charge in [0.05, 0.1) is 12.6 Å². The number of sulfonamides is 1. The molecule has 2 aromatic rings. The first-order chi connectivity index (χ1) is 9.05. The zero-order valence-corrected chi connectivity index (χ0v) is 12.0. The molecule has 0 aliphatic carbocycles. The summed E-state index contributed by atoms with van der Waals surface area (Å²) >= 11 is 0. The molecule has 0 saturated heterocycles. The summed E-state index contributed by atoms with van der Waals surface area (Å²) < 4.78 is 33.7. The van der Waals surface area contributed by atoms with Crippen LogP contribution in [0.2, 0.25) is 0 Å². The molecule has 0 spiro atoms. The van der Waals surface area contributed by atoms with Gasteiger partial charge < -0.3 is 4.74 Å². The van der Waals surface area contributed by atoms with E-state index in [4.69, 9.17) is 4.74 Å². The van der Waals surface area contributed by atoms with Crippen molar-refractivity contribution in [2.75, 3.05) is 13.7 Å². The predicted octanol–water partition coefficient (Wildman–Crippen LogP) is 1.20. The van der Waals surface area contributed by atoms with Gasteiger partial charge in [0.25, 0.3) is 10.0 Å². The number of aromatic nitrogens is 2. The molecule has 2 rings (SSSR count). The van der Waals surface area contributed by atoms with Crippen molar-refractivity contribution >= 4 is 15.5 Å². The van der Waals surface area contributed by atoms with Crippen LogP contribution in [0.1, 0.15) is 19.7 Å². The average molecular weight is 283 g/mol. The molecule has 19 heavy (non-hydrogen) atoms. The molecular formula is C12H17N3O3S. The Kier molecular flexibility index (Phi) is 3.77. The lowest BCUT2D eigenvalue weighted by atomic mass is 10.4. The van der Waals surface area contributed by atoms with Crippen LogP contribution in [-0.4, -0.2) is 31.5 Å². The highest BCUT2D eigenvalue weighted by atomic mass is 32.2. The number of ether oxygens (including phenoxy) is 1. The van der Waals surface area contributed by atoms with E-state index >= 15 is 0 Å². The summed E-state index contributed by atoms with van der Waals surface area (Å²) in [7, 11) is -2.04. The van der Waals surface area contributed by atoms with Crippen LogP contribution in [0.4, 0.5) is 0 Å². The largest absolute Gasteiger partial charge is 0.482 e. The molecule has 2 aromatic heterocycles. The van der Waals surface area contributed by atoms with E-state index in [1.54, 1.807) is 36.6 Å². The van der Waals surface area contributed by atoms with Gasteiger partial charge in [-0.15, -0.1) is 0 Å². The first kappa shape index (κ1) is 13.8. The molecule has 0 fully saturated rings. The van der Waals surface area contributed by atoms with Crippen LogP contribution >= 0.6 is 0 Å². The highest BCUT2D eigenvalue weighted by Gasteiger charge is 2.23. The van der Waals surface area contributed by atoms with E-state index in [1.165, 1.54) is 0 Å². The summed E-state index contributed by atoms with van der Waals surface area (Å²) in [6.07, 6.45) is 0.614. The van der Waals surface area contributed by atoms with Crippen molar-refractivity contribution in [2.24, 2.45) is 0 Å². The maximum Gasteiger partial charge on any atom is 0.260 e. The predicted molar refractivity (Wildman–Crippen MR) is 72.0 cm³/mol. The number of rotatable bonds is 5. The van der Waals surface area contributed by atoms with E-state index in [1.807, 2.05) is 6.92 Å². The van der Waals surface area contributed by atoms with E-state index in [0.717, 1.165) is 0 Å². The van der Waals surface area contributed by atoms with Crippen molar-refractivity contribution in [3.8, 4) is 5.88 Å². The van der Waals surface area contributed by atoms with Crippen molar-refractivity contribution in [1.29, 1.82) is 0 Å². The third-order valence-electron chi connectivity index (χ3n) is 2.78. The first-order valence-electron chi connectivity index (χ1n) is 6.09. The van der Waals surface area contributed by atoms with Gasteiger partial charge in [-0.1, -0.05) is 19.9 Å². The van der Waals surface area contributed by atoms with Crippen molar-refractivity contribution in [3.63, 3.8) is 0 Å². The Morgan fingerprint density at radius 3 is 2.68 bits per heavy atom. The summed E-state index contributed by atoms with van der Waals surface area (Å²) in [5, 5.41) is 0.0464. The lowest BCUT2D eigenvalue weighted by Gasteiger charge is -2.06. The Balaban J connectivity index is 2.78. The van der Waals surface area contributed by atoms with Gasteiger partial charge in [0, 0.05) is 13.0 Å². The van der Waals surface area contributed by atoms with Crippen molar-refractivity contribution in [1.82, 2.24) is 14.1 Å². The number of hydrogen-bond donors (Lipinski definition) is 1. The Morgan fingerprint density at radius 1 is 1.37 bits per heavy atom. The average Bonchev–Trinajstić information content (AvgIpc) is 2.78. The van der Waals surface area contributed by atoms with Crippen molar-refractivity contribution in [3.05, 3.63) is 24.0 Å². The molecule has 0 aliphatic rings. The summed E-state index contributed by atoms with van der Waals surface area (Å²) in [5.74, 6) is 1.23. The van der Waals surface area contributed by atoms with Gasteiger partial charge in [-0.2, -0.15) is 0 Å². The Morgan fingerprint density at radius 2 is 2.11 bits per heavy atom. The highest BCUT2D eigenvalue weighted by Crippen LogP contribution is 2.24. The second kappa shape index (κ2) is 5.18. The SMILES string of the molecule is CCNS(=O)(=O)c1nc(CC)n2c(OC)cccc12. The summed E-state index contributed by atoms with van der Waals surface area (Å²) in [6, 6.07) is 5.25. The van der Waals surface area contributed by atoms with Crippen molar-refractivity contribution < 1.29 is 13.2 Å². The lowest BCUT2D eigenvalue weighted by Crippen LogP contribution is -2.23. The van der Waals surface area contributed by atoms with E-state index in [2.05, 4.69) is 9.71 Å². The number of nitrogens with one attached hydrogen (secondary N) is 1. The van der Waals surface area contributed by atoms with Crippen LogP contribution in [-0.2, 0) is 16.4 Å². The molecule has 1 N–H and O–H groups in total. The Bertz CT molecular complexity index is 692. The van der Waals surface area contributed by atoms with Crippen LogP contribution in [0, 0.1) is 0 Å². The van der Waals surface area contributed by atoms with Crippen LogP contribution in [0.3, 0.4) is 0 Å². The quantitative estimate of drug-likeness (QED) is 0.895. The number of fused-ring (bicyclic) bond motifs is 1. The molecule has 0 amide bonds. The summed E-state index contributed by atoms with van der Waals surface area (Å²) in [6.45, 7) is 3.98. The summed E-state index contributed by atoms with van der Waals surface area (Å²) in [5.41, 5.74) is 0.525. The zero-order chi connectivity index (χ0) is 14.0. The number of pyridine rings is 1. The van der Waals surface area contributed by atoms with Gasteiger partial charge in [-0.3, -0.25) is 4.40 Å². The topological polar surface area (TPSA) is 72.7 Å². The maximum absolute atomic E-state index is 12.1. The number of aryl methyl sites for hydroxylation is 1. The molecule has 7 heteroatoms. The maximum atomic E-state index is 12.1. The van der Waals surface area contributed by atoms with Gasteiger partial charge in [-0.05, 0) is 12.1 Å². The van der Waals surface area contributed by atoms with Crippen molar-refractivity contribution in [2.45, 2.75) is 25.3 Å². The number of imidazole rings is 1. The molecule has 0 bridgehead atoms. The fraction of sp³-hybridized carbons (Fsp3) is 0.417. The third-order valence-corrected chi connectivity index (χ3v) is 4.25. The standard InChI is InChI=1S/C12H17N3O3S/c1-4-10-14-12(19(16,17)13-5-2)9-7-6-8-11(18-3)15(9)10/h6-8,13H,4-5H2,1-3H3. The van der Waals surface area contributed by atoms with E-state index in [-0.39, 0.29) is 5.03 Å². The minimum absolute atomic E-state index is 0.0464. The van der Waals surface area contributed by atoms with E-state index in [9.17, 15) is 8.42 Å². The van der Waals surface area contributed by atoms with Gasteiger partial charge in [0.2, 0.25) is 0 Å². The molecule has 0 atom stereocenters. The number of hydrogen-bond acceptors (Lipinski definition) is 4. The fourth-order valence-electron chi connectivity index (χ4n) is 2.00. The van der Waals surface area contributed by atoms with Crippen LogP contribution in [0.25, 0.3) is 5.52 Å². The smallest absolute Gasteiger partial charge is 0.260 e. The first-order valence-corrected chi connectivity index (χ1v) is 7.57. The Hall–Kier alpha value is -1.60. The van der Waals surface area contributed by atoms with Gasteiger partial charge >= 0.3 is 0 Å². The van der Waals surface area contributed by atoms with Gasteiger partial charge in [0.15, 0.2) is 10.9 Å². The highest BCUT2D eigenvalue weighted by molar-refractivity contribution is 7.89. The second-order valence-corrected chi connectivity index (χ2v) is 5.66. The van der Waals surface area contributed by atoms with Gasteiger partial charge in [0.1, 0.15) is 5.82 Å². The Labute approximate surface area is 112 Å². The minimum Gasteiger partial charge on any atom is -0.482 e. The van der Waals surface area contributed by atoms with Crippen LogP contribution in [0.5, 0.6) is 5.88 Å².